The van der Waals surface area contributed by atoms with E-state index in [9.17, 15) is 28.8 Å². The summed E-state index contributed by atoms with van der Waals surface area (Å²) in [5.41, 5.74) is 4.08. The van der Waals surface area contributed by atoms with Gasteiger partial charge in [0.25, 0.3) is 0 Å². The minimum atomic E-state index is -0.965. The number of fused-ring (bicyclic) bond motifs is 3. The van der Waals surface area contributed by atoms with Crippen molar-refractivity contribution in [1.29, 1.82) is 0 Å². The minimum absolute atomic E-state index is 0.0364. The Bertz CT molecular complexity index is 2180. The number of rotatable bonds is 20. The quantitative estimate of drug-likeness (QED) is 0.0209. The first-order chi connectivity index (χ1) is 30.1. The Kier molecular flexibility index (Phi) is 16.3. The van der Waals surface area contributed by atoms with Gasteiger partial charge in [-0.25, -0.2) is 28.8 Å². The molecule has 4 aromatic rings. The Labute approximate surface area is 363 Å². The highest BCUT2D eigenvalue weighted by molar-refractivity contribution is 5.93. The Hall–Kier alpha value is -7.30. The van der Waals surface area contributed by atoms with Gasteiger partial charge in [-0.2, -0.15) is 0 Å². The second-order valence-corrected chi connectivity index (χ2v) is 14.3. The lowest BCUT2D eigenvalue weighted by molar-refractivity contribution is -0.141. The minimum Gasteiger partial charge on any atom is -0.460 e. The third kappa shape index (κ3) is 13.3. The summed E-state index contributed by atoms with van der Waals surface area (Å²) in [4.78, 5) is 73.0. The zero-order chi connectivity index (χ0) is 45.5. The molecule has 330 valence electrons. The second kappa shape index (κ2) is 22.0. The molecule has 0 spiro atoms. The SMILES string of the molecule is C=C(C)C(=O)OCCOCCOC(=O)Oc1ccc(C(=O)Oc2ccc3c(c2)C(C)(C)c2cc(OC(=O)c4ccc(OC(=O)OCCOCCOC(=O)C(=C)C)cc4)ccc2-3)cc1. The lowest BCUT2D eigenvalue weighted by atomic mass is 9.82. The van der Waals surface area contributed by atoms with Gasteiger partial charge < -0.3 is 47.4 Å². The molecule has 0 radical (unpaired) electrons. The van der Waals surface area contributed by atoms with Gasteiger partial charge in [-0.05, 0) is 109 Å². The summed E-state index contributed by atoms with van der Waals surface area (Å²) >= 11 is 0. The first-order valence-corrected chi connectivity index (χ1v) is 19.6. The number of ether oxygens (including phenoxy) is 10. The standard InChI is InChI=1S/C47H46O16/c1-29(2)41(48)56-23-19-54-21-25-58-45(52)62-33-11-7-31(8-12-33)43(50)60-35-15-17-37-38-18-16-36(28-40(38)47(5,6)39(37)27-35)61-44(51)32-9-13-34(14-10-32)63-46(53)59-26-22-55-20-24-57-42(49)30(3)4/h7-18,27-28H,1,3,19-26H2,2,4-6H3. The Morgan fingerprint density at radius 1 is 0.444 bits per heavy atom. The molecular formula is C47H46O16. The number of hydrogen-bond acceptors (Lipinski definition) is 16. The summed E-state index contributed by atoms with van der Waals surface area (Å²) in [5, 5.41) is 0. The van der Waals surface area contributed by atoms with E-state index in [4.69, 9.17) is 47.4 Å². The van der Waals surface area contributed by atoms with Crippen LogP contribution in [0, 0.1) is 0 Å². The van der Waals surface area contributed by atoms with Gasteiger partial charge >= 0.3 is 36.2 Å². The van der Waals surface area contributed by atoms with Gasteiger partial charge in [0.05, 0.1) is 37.6 Å². The largest absolute Gasteiger partial charge is 0.513 e. The molecule has 0 atom stereocenters. The zero-order valence-electron chi connectivity index (χ0n) is 35.2. The van der Waals surface area contributed by atoms with Crippen molar-refractivity contribution in [3.63, 3.8) is 0 Å². The molecule has 0 saturated heterocycles. The second-order valence-electron chi connectivity index (χ2n) is 14.3. The summed E-state index contributed by atoms with van der Waals surface area (Å²) in [6, 6.07) is 22.2. The van der Waals surface area contributed by atoms with Gasteiger partial charge in [0, 0.05) is 16.6 Å². The Morgan fingerprint density at radius 2 is 0.778 bits per heavy atom. The summed E-state index contributed by atoms with van der Waals surface area (Å²) < 4.78 is 52.0. The average molecular weight is 867 g/mol. The van der Waals surface area contributed by atoms with Crippen LogP contribution in [-0.4, -0.2) is 89.0 Å². The summed E-state index contributed by atoms with van der Waals surface area (Å²) in [7, 11) is 0. The molecule has 0 aromatic heterocycles. The first-order valence-electron chi connectivity index (χ1n) is 19.6. The normalized spacial score (nSPS) is 11.8. The van der Waals surface area contributed by atoms with Crippen LogP contribution in [0.2, 0.25) is 0 Å². The van der Waals surface area contributed by atoms with Crippen LogP contribution >= 0.6 is 0 Å². The molecule has 0 bridgehead atoms. The predicted octanol–water partition coefficient (Wildman–Crippen LogP) is 7.73. The van der Waals surface area contributed by atoms with E-state index in [1.54, 1.807) is 24.3 Å². The number of hydrogen-bond donors (Lipinski definition) is 0. The highest BCUT2D eigenvalue weighted by Gasteiger charge is 2.36. The van der Waals surface area contributed by atoms with Crippen LogP contribution in [-0.2, 0) is 43.4 Å². The van der Waals surface area contributed by atoms with E-state index in [1.807, 2.05) is 26.0 Å². The molecule has 0 N–H and O–H groups in total. The van der Waals surface area contributed by atoms with Gasteiger partial charge in [-0.3, -0.25) is 0 Å². The fourth-order valence-corrected chi connectivity index (χ4v) is 5.93. The molecular weight excluding hydrogens is 821 g/mol. The number of carbonyl (C=O) groups excluding carboxylic acids is 6. The van der Waals surface area contributed by atoms with E-state index in [-0.39, 0.29) is 86.6 Å². The van der Waals surface area contributed by atoms with Crippen LogP contribution in [0.3, 0.4) is 0 Å². The predicted molar refractivity (Wildman–Crippen MR) is 224 cm³/mol. The molecule has 1 aliphatic carbocycles. The van der Waals surface area contributed by atoms with Crippen molar-refractivity contribution >= 4 is 36.2 Å². The van der Waals surface area contributed by atoms with Gasteiger partial charge in [0.15, 0.2) is 0 Å². The lowest BCUT2D eigenvalue weighted by Gasteiger charge is -2.22. The van der Waals surface area contributed by atoms with E-state index in [2.05, 4.69) is 13.2 Å². The maximum atomic E-state index is 13.1. The third-order valence-corrected chi connectivity index (χ3v) is 9.14. The zero-order valence-corrected chi connectivity index (χ0v) is 35.2. The van der Waals surface area contributed by atoms with Crippen molar-refractivity contribution < 1.29 is 76.1 Å². The molecule has 0 heterocycles. The van der Waals surface area contributed by atoms with Crippen molar-refractivity contribution in [3.05, 3.63) is 131 Å². The molecule has 63 heavy (non-hydrogen) atoms. The van der Waals surface area contributed by atoms with Crippen LogP contribution < -0.4 is 18.9 Å². The fraction of sp³-hybridized carbons (Fsp3) is 0.277. The van der Waals surface area contributed by atoms with Crippen LogP contribution in [0.25, 0.3) is 11.1 Å². The van der Waals surface area contributed by atoms with E-state index in [0.29, 0.717) is 11.5 Å². The van der Waals surface area contributed by atoms with Gasteiger partial charge in [0.1, 0.15) is 49.4 Å². The first kappa shape index (κ1) is 46.8. The molecule has 0 aliphatic heterocycles. The Balaban J connectivity index is 1.06. The van der Waals surface area contributed by atoms with E-state index >= 15 is 0 Å². The molecule has 1 aliphatic rings. The molecule has 5 rings (SSSR count). The molecule has 0 amide bonds. The molecule has 0 fully saturated rings. The fourth-order valence-electron chi connectivity index (χ4n) is 5.93. The summed E-state index contributed by atoms with van der Waals surface area (Å²) in [6.07, 6.45) is -1.93. The number of carbonyl (C=O) groups is 6. The van der Waals surface area contributed by atoms with Crippen molar-refractivity contribution in [3.8, 4) is 34.1 Å². The third-order valence-electron chi connectivity index (χ3n) is 9.14. The number of esters is 4. The highest BCUT2D eigenvalue weighted by Crippen LogP contribution is 2.50. The molecule has 16 nitrogen and oxygen atoms in total. The van der Waals surface area contributed by atoms with E-state index in [1.165, 1.54) is 62.4 Å². The van der Waals surface area contributed by atoms with Gasteiger partial charge in [0.2, 0.25) is 0 Å². The van der Waals surface area contributed by atoms with Crippen LogP contribution in [0.1, 0.15) is 59.5 Å². The van der Waals surface area contributed by atoms with Crippen molar-refractivity contribution in [2.45, 2.75) is 33.1 Å². The van der Waals surface area contributed by atoms with Crippen molar-refractivity contribution in [2.24, 2.45) is 0 Å². The molecule has 0 saturated carbocycles. The maximum Gasteiger partial charge on any atom is 0.513 e. The smallest absolute Gasteiger partial charge is 0.460 e. The maximum absolute atomic E-state index is 13.1. The van der Waals surface area contributed by atoms with E-state index < -0.39 is 41.6 Å². The van der Waals surface area contributed by atoms with Crippen LogP contribution in [0.4, 0.5) is 9.59 Å². The topological polar surface area (TPSA) is 195 Å². The monoisotopic (exact) mass is 866 g/mol. The van der Waals surface area contributed by atoms with Crippen LogP contribution in [0.15, 0.2) is 109 Å². The van der Waals surface area contributed by atoms with Crippen molar-refractivity contribution in [1.82, 2.24) is 0 Å². The molecule has 16 heteroatoms. The molecule has 0 unspecified atom stereocenters. The van der Waals surface area contributed by atoms with Gasteiger partial charge in [-0.15, -0.1) is 0 Å². The van der Waals surface area contributed by atoms with Gasteiger partial charge in [-0.1, -0.05) is 39.1 Å². The summed E-state index contributed by atoms with van der Waals surface area (Å²) in [6.45, 7) is 14.3. The summed E-state index contributed by atoms with van der Waals surface area (Å²) in [5.74, 6) is -1.37. The Morgan fingerprint density at radius 3 is 1.13 bits per heavy atom. The average Bonchev–Trinajstić information content (AvgIpc) is 3.47. The van der Waals surface area contributed by atoms with Crippen molar-refractivity contribution in [2.75, 3.05) is 52.9 Å². The highest BCUT2D eigenvalue weighted by atomic mass is 16.7. The molecule has 4 aromatic carbocycles. The lowest BCUT2D eigenvalue weighted by Crippen LogP contribution is -2.17. The number of benzene rings is 4. The van der Waals surface area contributed by atoms with E-state index in [0.717, 1.165) is 22.3 Å². The van der Waals surface area contributed by atoms with Crippen LogP contribution in [0.5, 0.6) is 23.0 Å².